The summed E-state index contributed by atoms with van der Waals surface area (Å²) in [5.74, 6) is -0.497. The van der Waals surface area contributed by atoms with Gasteiger partial charge in [0.1, 0.15) is 5.37 Å². The van der Waals surface area contributed by atoms with Gasteiger partial charge in [0.05, 0.1) is 4.90 Å². The van der Waals surface area contributed by atoms with Gasteiger partial charge in [-0.2, -0.15) is 0 Å². The van der Waals surface area contributed by atoms with Crippen LogP contribution in [0.1, 0.15) is 17.5 Å². The molecule has 0 aliphatic carbocycles. The number of rotatable bonds is 7. The molecule has 1 unspecified atom stereocenters. The van der Waals surface area contributed by atoms with Crippen LogP contribution >= 0.6 is 0 Å². The number of benzene rings is 2. The van der Waals surface area contributed by atoms with E-state index in [1.54, 1.807) is 24.3 Å². The maximum Gasteiger partial charge on any atom is 0.244 e. The number of carbonyl (C=O) groups is 1. The van der Waals surface area contributed by atoms with E-state index in [-0.39, 0.29) is 4.90 Å². The first-order valence-electron chi connectivity index (χ1n) is 7.71. The molecule has 1 N–H and O–H groups in total. The molecule has 0 radical (unpaired) electrons. The molecule has 0 aliphatic rings. The summed E-state index contributed by atoms with van der Waals surface area (Å²) in [7, 11) is -3.67. The molecule has 0 saturated heterocycles. The van der Waals surface area contributed by atoms with Gasteiger partial charge >= 0.3 is 0 Å². The third-order valence-electron chi connectivity index (χ3n) is 3.75. The molecule has 4 nitrogen and oxygen atoms in total. The lowest BCUT2D eigenvalue weighted by molar-refractivity contribution is -0.116. The first-order valence-corrected chi connectivity index (χ1v) is 9.25. The maximum absolute atomic E-state index is 12.9. The molecule has 0 fully saturated rings. The average molecular weight is 343 g/mol. The summed E-state index contributed by atoms with van der Waals surface area (Å²) in [6.45, 7) is 5.28. The van der Waals surface area contributed by atoms with Gasteiger partial charge < -0.3 is 5.32 Å². The van der Waals surface area contributed by atoms with Gasteiger partial charge in [0, 0.05) is 0 Å². The molecule has 1 amide bonds. The van der Waals surface area contributed by atoms with Crippen molar-refractivity contribution in [3.63, 3.8) is 0 Å². The van der Waals surface area contributed by atoms with Crippen molar-refractivity contribution >= 4 is 15.7 Å². The number of carbonyl (C=O) groups excluding carboxylic acids is 1. The Kier molecular flexibility index (Phi) is 5.93. The highest BCUT2D eigenvalue weighted by atomic mass is 32.2. The van der Waals surface area contributed by atoms with E-state index in [1.807, 2.05) is 37.3 Å². The fourth-order valence-electron chi connectivity index (χ4n) is 2.36. The standard InChI is InChI=1S/C19H21NO3S/c1-3-18(21)20-19(14-11-16-7-5-4-6-8-16)24(22,23)17-12-9-15(2)10-13-17/h3-10,12-13,19H,1,11,14H2,2H3,(H,20,21). The molecule has 24 heavy (non-hydrogen) atoms. The normalized spacial score (nSPS) is 12.4. The Hall–Kier alpha value is -2.40. The molecule has 0 saturated carbocycles. The van der Waals surface area contributed by atoms with Crippen LogP contribution in [0.5, 0.6) is 0 Å². The lowest BCUT2D eigenvalue weighted by atomic mass is 10.1. The number of sulfone groups is 1. The van der Waals surface area contributed by atoms with Crippen LogP contribution in [-0.4, -0.2) is 19.7 Å². The highest BCUT2D eigenvalue weighted by molar-refractivity contribution is 7.92. The van der Waals surface area contributed by atoms with Crippen LogP contribution in [0, 0.1) is 6.92 Å². The molecular formula is C19H21NO3S. The molecule has 0 aromatic heterocycles. The molecule has 0 aliphatic heterocycles. The minimum atomic E-state index is -3.67. The Morgan fingerprint density at radius 1 is 1.12 bits per heavy atom. The summed E-state index contributed by atoms with van der Waals surface area (Å²) in [6.07, 6.45) is 1.92. The highest BCUT2D eigenvalue weighted by Crippen LogP contribution is 2.19. The average Bonchev–Trinajstić information content (AvgIpc) is 2.59. The Balaban J connectivity index is 2.25. The van der Waals surface area contributed by atoms with Crippen molar-refractivity contribution in [3.05, 3.63) is 78.4 Å². The smallest absolute Gasteiger partial charge is 0.244 e. The zero-order chi connectivity index (χ0) is 17.6. The molecule has 5 heteroatoms. The zero-order valence-electron chi connectivity index (χ0n) is 13.6. The van der Waals surface area contributed by atoms with E-state index in [0.29, 0.717) is 12.8 Å². The quantitative estimate of drug-likeness (QED) is 0.786. The van der Waals surface area contributed by atoms with Crippen LogP contribution in [0.25, 0.3) is 0 Å². The summed E-state index contributed by atoms with van der Waals surface area (Å²) < 4.78 is 25.7. The van der Waals surface area contributed by atoms with Crippen molar-refractivity contribution in [2.75, 3.05) is 0 Å². The van der Waals surface area contributed by atoms with E-state index in [4.69, 9.17) is 0 Å². The van der Waals surface area contributed by atoms with E-state index >= 15 is 0 Å². The molecule has 126 valence electrons. The number of aryl methyl sites for hydroxylation is 2. The SMILES string of the molecule is C=CC(=O)NC(CCc1ccccc1)S(=O)(=O)c1ccc(C)cc1. The van der Waals surface area contributed by atoms with Crippen molar-refractivity contribution in [1.29, 1.82) is 0 Å². The molecule has 0 heterocycles. The fourth-order valence-corrected chi connectivity index (χ4v) is 3.90. The maximum atomic E-state index is 12.9. The summed E-state index contributed by atoms with van der Waals surface area (Å²) in [5, 5.41) is 1.55. The Labute approximate surface area is 143 Å². The second-order valence-electron chi connectivity index (χ2n) is 5.58. The van der Waals surface area contributed by atoms with Gasteiger partial charge in [0.25, 0.3) is 0 Å². The monoisotopic (exact) mass is 343 g/mol. The number of amides is 1. The topological polar surface area (TPSA) is 63.2 Å². The van der Waals surface area contributed by atoms with Crippen LogP contribution in [0.15, 0.2) is 72.1 Å². The van der Waals surface area contributed by atoms with E-state index in [2.05, 4.69) is 11.9 Å². The fraction of sp³-hybridized carbons (Fsp3) is 0.211. The minimum Gasteiger partial charge on any atom is -0.336 e. The van der Waals surface area contributed by atoms with Crippen molar-refractivity contribution in [3.8, 4) is 0 Å². The molecular weight excluding hydrogens is 322 g/mol. The first kappa shape index (κ1) is 17.9. The minimum absolute atomic E-state index is 0.204. The van der Waals surface area contributed by atoms with Crippen LogP contribution in [-0.2, 0) is 21.1 Å². The summed E-state index contributed by atoms with van der Waals surface area (Å²) in [5.41, 5.74) is 2.00. The Morgan fingerprint density at radius 2 is 1.75 bits per heavy atom. The van der Waals surface area contributed by atoms with Gasteiger partial charge in [-0.3, -0.25) is 4.79 Å². The Morgan fingerprint density at radius 3 is 2.33 bits per heavy atom. The van der Waals surface area contributed by atoms with Crippen LogP contribution in [0.4, 0.5) is 0 Å². The first-order chi connectivity index (χ1) is 11.4. The van der Waals surface area contributed by atoms with Gasteiger partial charge in [-0.25, -0.2) is 8.42 Å². The van der Waals surface area contributed by atoms with Gasteiger partial charge in [-0.05, 0) is 43.5 Å². The molecule has 2 rings (SSSR count). The van der Waals surface area contributed by atoms with Crippen molar-refractivity contribution in [2.24, 2.45) is 0 Å². The van der Waals surface area contributed by atoms with Crippen LogP contribution in [0.3, 0.4) is 0 Å². The highest BCUT2D eigenvalue weighted by Gasteiger charge is 2.28. The van der Waals surface area contributed by atoms with Crippen molar-refractivity contribution in [2.45, 2.75) is 30.0 Å². The summed E-state index contributed by atoms with van der Waals surface area (Å²) >= 11 is 0. The molecule has 2 aromatic carbocycles. The lowest BCUT2D eigenvalue weighted by Crippen LogP contribution is -2.40. The summed E-state index contributed by atoms with van der Waals surface area (Å²) in [6, 6.07) is 16.2. The second kappa shape index (κ2) is 7.93. The lowest BCUT2D eigenvalue weighted by Gasteiger charge is -2.19. The van der Waals surface area contributed by atoms with Crippen LogP contribution in [0.2, 0.25) is 0 Å². The predicted molar refractivity (Wildman–Crippen MR) is 95.3 cm³/mol. The largest absolute Gasteiger partial charge is 0.336 e. The van der Waals surface area contributed by atoms with Gasteiger partial charge in [-0.15, -0.1) is 0 Å². The van der Waals surface area contributed by atoms with E-state index in [0.717, 1.165) is 17.2 Å². The number of nitrogens with one attached hydrogen (secondary N) is 1. The number of hydrogen-bond acceptors (Lipinski definition) is 3. The van der Waals surface area contributed by atoms with Gasteiger partial charge in [0.2, 0.25) is 5.91 Å². The molecule has 0 bridgehead atoms. The van der Waals surface area contributed by atoms with Gasteiger partial charge in [-0.1, -0.05) is 54.6 Å². The molecule has 1 atom stereocenters. The van der Waals surface area contributed by atoms with E-state index < -0.39 is 21.1 Å². The zero-order valence-corrected chi connectivity index (χ0v) is 14.4. The predicted octanol–water partition coefficient (Wildman–Crippen LogP) is 3.03. The van der Waals surface area contributed by atoms with E-state index in [9.17, 15) is 13.2 Å². The van der Waals surface area contributed by atoms with E-state index in [1.165, 1.54) is 0 Å². The molecule has 0 spiro atoms. The second-order valence-corrected chi connectivity index (χ2v) is 7.71. The van der Waals surface area contributed by atoms with Crippen molar-refractivity contribution < 1.29 is 13.2 Å². The molecule has 2 aromatic rings. The van der Waals surface area contributed by atoms with Crippen molar-refractivity contribution in [1.82, 2.24) is 5.32 Å². The third-order valence-corrected chi connectivity index (χ3v) is 5.78. The van der Waals surface area contributed by atoms with Gasteiger partial charge in [0.15, 0.2) is 9.84 Å². The van der Waals surface area contributed by atoms with Crippen LogP contribution < -0.4 is 5.32 Å². The summed E-state index contributed by atoms with van der Waals surface area (Å²) in [4.78, 5) is 11.9. The third kappa shape index (κ3) is 4.55. The number of hydrogen-bond donors (Lipinski definition) is 1. The Bertz CT molecular complexity index is 796.